The molecule has 1 fully saturated rings. The van der Waals surface area contributed by atoms with Crippen molar-refractivity contribution in [2.45, 2.75) is 13.5 Å². The number of pyridine rings is 1. The second kappa shape index (κ2) is 11.3. The first-order valence-corrected chi connectivity index (χ1v) is 10.3. The van der Waals surface area contributed by atoms with Gasteiger partial charge in [-0.05, 0) is 36.8 Å². The minimum absolute atomic E-state index is 0.206. The van der Waals surface area contributed by atoms with Gasteiger partial charge in [0.25, 0.3) is 0 Å². The number of halogens is 1. The Morgan fingerprint density at radius 2 is 1.87 bits per heavy atom. The average molecular weight is 416 g/mol. The number of aromatic nitrogens is 1. The summed E-state index contributed by atoms with van der Waals surface area (Å²) in [6, 6.07) is 10.5. The van der Waals surface area contributed by atoms with Crippen LogP contribution in [0.2, 0.25) is 0 Å². The molecule has 8 heteroatoms. The van der Waals surface area contributed by atoms with Crippen molar-refractivity contribution in [1.82, 2.24) is 15.2 Å². The van der Waals surface area contributed by atoms with Crippen LogP contribution in [0, 0.1) is 5.82 Å². The highest BCUT2D eigenvalue weighted by Gasteiger charge is 2.19. The van der Waals surface area contributed by atoms with Crippen molar-refractivity contribution in [2.24, 2.45) is 4.99 Å². The molecule has 1 saturated heterocycles. The lowest BCUT2D eigenvalue weighted by molar-refractivity contribution is 0.143. The topological polar surface area (TPSA) is 62.2 Å². The SMILES string of the molecule is CCNC(=NCc1ccc(OCCOC)nc1)N1CCN(c2ccc(F)cc2)CC1. The van der Waals surface area contributed by atoms with Gasteiger partial charge in [-0.15, -0.1) is 0 Å². The van der Waals surface area contributed by atoms with Crippen molar-refractivity contribution in [3.63, 3.8) is 0 Å². The molecule has 162 valence electrons. The van der Waals surface area contributed by atoms with Gasteiger partial charge in [-0.1, -0.05) is 6.07 Å². The zero-order chi connectivity index (χ0) is 21.2. The summed E-state index contributed by atoms with van der Waals surface area (Å²) in [5.74, 6) is 1.28. The third kappa shape index (κ3) is 6.32. The van der Waals surface area contributed by atoms with E-state index in [2.05, 4.69) is 27.0 Å². The van der Waals surface area contributed by atoms with E-state index >= 15 is 0 Å². The first-order valence-electron chi connectivity index (χ1n) is 10.3. The van der Waals surface area contributed by atoms with E-state index in [0.717, 1.165) is 49.9 Å². The number of anilines is 1. The smallest absolute Gasteiger partial charge is 0.213 e. The molecular weight excluding hydrogens is 385 g/mol. The molecule has 2 heterocycles. The average Bonchev–Trinajstić information content (AvgIpc) is 2.78. The van der Waals surface area contributed by atoms with E-state index in [1.165, 1.54) is 12.1 Å². The zero-order valence-electron chi connectivity index (χ0n) is 17.7. The van der Waals surface area contributed by atoms with Crippen LogP contribution < -0.4 is 15.0 Å². The van der Waals surface area contributed by atoms with Gasteiger partial charge in [-0.25, -0.2) is 14.4 Å². The second-order valence-corrected chi connectivity index (χ2v) is 6.97. The number of benzene rings is 1. The normalized spacial score (nSPS) is 14.7. The largest absolute Gasteiger partial charge is 0.475 e. The molecule has 7 nitrogen and oxygen atoms in total. The van der Waals surface area contributed by atoms with Crippen molar-refractivity contribution < 1.29 is 13.9 Å². The summed E-state index contributed by atoms with van der Waals surface area (Å²) in [5.41, 5.74) is 2.08. The van der Waals surface area contributed by atoms with Crippen LogP contribution in [0.4, 0.5) is 10.1 Å². The van der Waals surface area contributed by atoms with Gasteiger partial charge in [0.05, 0.1) is 13.2 Å². The number of hydrogen-bond acceptors (Lipinski definition) is 5. The fourth-order valence-electron chi connectivity index (χ4n) is 3.24. The number of rotatable bonds is 8. The Kier molecular flexibility index (Phi) is 8.26. The molecule has 0 amide bonds. The highest BCUT2D eigenvalue weighted by Crippen LogP contribution is 2.17. The molecule has 0 spiro atoms. The lowest BCUT2D eigenvalue weighted by Crippen LogP contribution is -2.52. The predicted octanol–water partition coefficient (Wildman–Crippen LogP) is 2.53. The summed E-state index contributed by atoms with van der Waals surface area (Å²) in [7, 11) is 1.64. The Bertz CT molecular complexity index is 790. The van der Waals surface area contributed by atoms with E-state index in [1.807, 2.05) is 24.3 Å². The summed E-state index contributed by atoms with van der Waals surface area (Å²) in [5, 5.41) is 3.38. The molecule has 3 rings (SSSR count). The Balaban J connectivity index is 1.55. The third-order valence-corrected chi connectivity index (χ3v) is 4.85. The molecule has 0 atom stereocenters. The number of ether oxygens (including phenoxy) is 2. The van der Waals surface area contributed by atoms with Gasteiger partial charge in [-0.3, -0.25) is 0 Å². The van der Waals surface area contributed by atoms with Gasteiger partial charge >= 0.3 is 0 Å². The third-order valence-electron chi connectivity index (χ3n) is 4.85. The molecule has 1 aliphatic heterocycles. The monoisotopic (exact) mass is 415 g/mol. The van der Waals surface area contributed by atoms with Gasteiger partial charge in [0.15, 0.2) is 5.96 Å². The van der Waals surface area contributed by atoms with Gasteiger partial charge in [0, 0.05) is 57.8 Å². The minimum Gasteiger partial charge on any atom is -0.475 e. The number of piperazine rings is 1. The van der Waals surface area contributed by atoms with E-state index in [-0.39, 0.29) is 5.82 Å². The fourth-order valence-corrected chi connectivity index (χ4v) is 3.24. The highest BCUT2D eigenvalue weighted by molar-refractivity contribution is 5.80. The van der Waals surface area contributed by atoms with Crippen LogP contribution in [-0.4, -0.2) is 68.9 Å². The van der Waals surface area contributed by atoms with Gasteiger partial charge in [0.1, 0.15) is 12.4 Å². The summed E-state index contributed by atoms with van der Waals surface area (Å²) in [6.07, 6.45) is 1.79. The number of methoxy groups -OCH3 is 1. The summed E-state index contributed by atoms with van der Waals surface area (Å²) in [4.78, 5) is 13.6. The molecule has 30 heavy (non-hydrogen) atoms. The maximum atomic E-state index is 13.2. The molecule has 1 N–H and O–H groups in total. The van der Waals surface area contributed by atoms with Crippen molar-refractivity contribution >= 4 is 11.6 Å². The van der Waals surface area contributed by atoms with Gasteiger partial charge in [-0.2, -0.15) is 0 Å². The van der Waals surface area contributed by atoms with E-state index in [1.54, 1.807) is 13.3 Å². The highest BCUT2D eigenvalue weighted by atomic mass is 19.1. The van der Waals surface area contributed by atoms with E-state index < -0.39 is 0 Å². The number of nitrogens with zero attached hydrogens (tertiary/aromatic N) is 4. The van der Waals surface area contributed by atoms with E-state index in [4.69, 9.17) is 14.5 Å². The fraction of sp³-hybridized carbons (Fsp3) is 0.455. The van der Waals surface area contributed by atoms with Crippen molar-refractivity contribution in [1.29, 1.82) is 0 Å². The molecule has 0 radical (unpaired) electrons. The van der Waals surface area contributed by atoms with Crippen LogP contribution in [0.1, 0.15) is 12.5 Å². The number of aliphatic imine (C=N–C) groups is 1. The lowest BCUT2D eigenvalue weighted by atomic mass is 10.2. The molecule has 0 saturated carbocycles. The Hall–Kier alpha value is -2.87. The van der Waals surface area contributed by atoms with Crippen LogP contribution in [0.5, 0.6) is 5.88 Å². The zero-order valence-corrected chi connectivity index (χ0v) is 17.7. The quantitative estimate of drug-likeness (QED) is 0.406. The minimum atomic E-state index is -0.206. The van der Waals surface area contributed by atoms with Gasteiger partial charge < -0.3 is 24.6 Å². The van der Waals surface area contributed by atoms with Crippen LogP contribution in [0.15, 0.2) is 47.6 Å². The standard InChI is InChI=1S/C22H30FN5O2/c1-3-24-22(26-17-18-4-9-21(25-16-18)30-15-14-29-2)28-12-10-27(11-13-28)20-7-5-19(23)6-8-20/h4-9,16H,3,10-15,17H2,1-2H3,(H,24,26). The maximum absolute atomic E-state index is 13.2. The summed E-state index contributed by atoms with van der Waals surface area (Å²) >= 11 is 0. The van der Waals surface area contributed by atoms with Crippen molar-refractivity contribution in [2.75, 3.05) is 57.9 Å². The maximum Gasteiger partial charge on any atom is 0.213 e. The van der Waals surface area contributed by atoms with Crippen molar-refractivity contribution in [3.05, 3.63) is 54.0 Å². The number of hydrogen-bond donors (Lipinski definition) is 1. The summed E-state index contributed by atoms with van der Waals surface area (Å²) < 4.78 is 23.6. The molecule has 1 aliphatic rings. The molecule has 0 unspecified atom stereocenters. The van der Waals surface area contributed by atoms with Gasteiger partial charge in [0.2, 0.25) is 5.88 Å². The molecule has 1 aromatic heterocycles. The Morgan fingerprint density at radius 1 is 1.10 bits per heavy atom. The Labute approximate surface area is 177 Å². The van der Waals surface area contributed by atoms with Crippen LogP contribution in [0.25, 0.3) is 0 Å². The van der Waals surface area contributed by atoms with E-state index in [9.17, 15) is 4.39 Å². The Morgan fingerprint density at radius 3 is 2.50 bits per heavy atom. The number of nitrogens with one attached hydrogen (secondary N) is 1. The first-order chi connectivity index (χ1) is 14.7. The molecular formula is C22H30FN5O2. The first kappa shape index (κ1) is 21.8. The van der Waals surface area contributed by atoms with Crippen LogP contribution in [-0.2, 0) is 11.3 Å². The predicted molar refractivity (Wildman–Crippen MR) is 117 cm³/mol. The van der Waals surface area contributed by atoms with Crippen LogP contribution >= 0.6 is 0 Å². The second-order valence-electron chi connectivity index (χ2n) is 6.97. The lowest BCUT2D eigenvalue weighted by Gasteiger charge is -2.37. The number of guanidine groups is 1. The molecule has 2 aromatic rings. The molecule has 0 aliphatic carbocycles. The molecule has 1 aromatic carbocycles. The van der Waals surface area contributed by atoms with Crippen LogP contribution in [0.3, 0.4) is 0 Å². The van der Waals surface area contributed by atoms with Crippen molar-refractivity contribution in [3.8, 4) is 5.88 Å². The summed E-state index contributed by atoms with van der Waals surface area (Å²) in [6.45, 7) is 7.88. The molecule has 0 bridgehead atoms. The van der Waals surface area contributed by atoms with E-state index in [0.29, 0.717) is 25.6 Å².